The third kappa shape index (κ3) is 2.63. The summed E-state index contributed by atoms with van der Waals surface area (Å²) in [5.41, 5.74) is 3.51. The molecule has 1 aromatic rings. The van der Waals surface area contributed by atoms with E-state index in [0.29, 0.717) is 5.92 Å². The monoisotopic (exact) mass is 220 g/mol. The van der Waals surface area contributed by atoms with Gasteiger partial charge in [0.2, 0.25) is 0 Å². The summed E-state index contributed by atoms with van der Waals surface area (Å²) >= 11 is 0. The molecule has 2 rings (SSSR count). The minimum atomic E-state index is -0.331. The van der Waals surface area contributed by atoms with Crippen LogP contribution in [0.4, 0.5) is 0 Å². The van der Waals surface area contributed by atoms with Crippen LogP contribution in [0.3, 0.4) is 0 Å². The summed E-state index contributed by atoms with van der Waals surface area (Å²) in [6, 6.07) is 6.32. The molecule has 0 amide bonds. The normalized spacial score (nSPS) is 19.7. The van der Waals surface area contributed by atoms with Gasteiger partial charge in [0.05, 0.1) is 6.10 Å². The zero-order valence-electron chi connectivity index (χ0n) is 10.1. The van der Waals surface area contributed by atoms with Crippen molar-refractivity contribution >= 4 is 0 Å². The lowest BCUT2D eigenvalue weighted by molar-refractivity contribution is 0.00715. The molecule has 88 valence electrons. The van der Waals surface area contributed by atoms with Crippen molar-refractivity contribution in [3.8, 4) is 0 Å². The lowest BCUT2D eigenvalue weighted by atomic mass is 9.88. The number of rotatable bonds is 2. The van der Waals surface area contributed by atoms with Crippen LogP contribution in [0.25, 0.3) is 0 Å². The summed E-state index contributed by atoms with van der Waals surface area (Å²) in [5.74, 6) is 0.356. The summed E-state index contributed by atoms with van der Waals surface area (Å²) in [4.78, 5) is 0. The summed E-state index contributed by atoms with van der Waals surface area (Å²) < 4.78 is 5.32. The van der Waals surface area contributed by atoms with Gasteiger partial charge in [-0.1, -0.05) is 29.3 Å². The van der Waals surface area contributed by atoms with Crippen LogP contribution in [-0.4, -0.2) is 18.3 Å². The molecule has 16 heavy (non-hydrogen) atoms. The average molecular weight is 220 g/mol. The lowest BCUT2D eigenvalue weighted by Gasteiger charge is -2.27. The Morgan fingerprint density at radius 2 is 1.69 bits per heavy atom. The first-order chi connectivity index (χ1) is 7.66. The van der Waals surface area contributed by atoms with Crippen LogP contribution in [0.1, 0.15) is 35.6 Å². The van der Waals surface area contributed by atoms with Gasteiger partial charge in [-0.05, 0) is 38.2 Å². The van der Waals surface area contributed by atoms with Crippen molar-refractivity contribution in [2.45, 2.75) is 32.8 Å². The molecule has 1 aliphatic rings. The van der Waals surface area contributed by atoms with Gasteiger partial charge in [0.25, 0.3) is 0 Å². The molecule has 1 N–H and O–H groups in total. The van der Waals surface area contributed by atoms with Gasteiger partial charge in [-0.25, -0.2) is 0 Å². The molecule has 0 radical (unpaired) electrons. The number of ether oxygens (including phenoxy) is 1. The van der Waals surface area contributed by atoms with Gasteiger partial charge < -0.3 is 9.84 Å². The largest absolute Gasteiger partial charge is 0.388 e. The standard InChI is InChI=1S/C14H20O2/c1-10-7-11(2)9-13(8-10)14(15)12-3-5-16-6-4-12/h7-9,12,14-15H,3-6H2,1-2H3. The fourth-order valence-electron chi connectivity index (χ4n) is 2.48. The zero-order chi connectivity index (χ0) is 11.5. The first-order valence-corrected chi connectivity index (χ1v) is 6.01. The van der Waals surface area contributed by atoms with Crippen molar-refractivity contribution in [2.24, 2.45) is 5.92 Å². The van der Waals surface area contributed by atoms with E-state index in [0.717, 1.165) is 31.6 Å². The average Bonchev–Trinajstić information content (AvgIpc) is 2.28. The van der Waals surface area contributed by atoms with E-state index in [4.69, 9.17) is 4.74 Å². The number of aryl methyl sites for hydroxylation is 2. The summed E-state index contributed by atoms with van der Waals surface area (Å²) in [7, 11) is 0. The summed E-state index contributed by atoms with van der Waals surface area (Å²) in [5, 5.41) is 10.3. The molecule has 2 nitrogen and oxygen atoms in total. The Kier molecular flexibility index (Phi) is 3.62. The predicted molar refractivity (Wildman–Crippen MR) is 64.4 cm³/mol. The number of aliphatic hydroxyl groups is 1. The summed E-state index contributed by atoms with van der Waals surface area (Å²) in [6.45, 7) is 5.72. The van der Waals surface area contributed by atoms with E-state index in [2.05, 4.69) is 32.0 Å². The highest BCUT2D eigenvalue weighted by atomic mass is 16.5. The van der Waals surface area contributed by atoms with Gasteiger partial charge in [-0.2, -0.15) is 0 Å². The Balaban J connectivity index is 2.15. The molecule has 0 aromatic heterocycles. The van der Waals surface area contributed by atoms with Crippen molar-refractivity contribution in [1.82, 2.24) is 0 Å². The Bertz CT molecular complexity index is 334. The second kappa shape index (κ2) is 4.98. The molecule has 2 heteroatoms. The maximum atomic E-state index is 10.3. The van der Waals surface area contributed by atoms with E-state index in [-0.39, 0.29) is 6.10 Å². The molecule has 1 aromatic carbocycles. The van der Waals surface area contributed by atoms with Crippen molar-refractivity contribution in [2.75, 3.05) is 13.2 Å². The molecule has 0 bridgehead atoms. The van der Waals surface area contributed by atoms with Crippen molar-refractivity contribution in [3.63, 3.8) is 0 Å². The Labute approximate surface area is 97.3 Å². The molecular weight excluding hydrogens is 200 g/mol. The molecule has 1 aliphatic heterocycles. The lowest BCUT2D eigenvalue weighted by Crippen LogP contribution is -2.22. The van der Waals surface area contributed by atoms with Crippen LogP contribution in [-0.2, 0) is 4.74 Å². The van der Waals surface area contributed by atoms with E-state index in [1.165, 1.54) is 11.1 Å². The van der Waals surface area contributed by atoms with Crippen molar-refractivity contribution in [3.05, 3.63) is 34.9 Å². The highest BCUT2D eigenvalue weighted by Gasteiger charge is 2.23. The highest BCUT2D eigenvalue weighted by Crippen LogP contribution is 2.30. The maximum Gasteiger partial charge on any atom is 0.0820 e. The second-order valence-electron chi connectivity index (χ2n) is 4.82. The van der Waals surface area contributed by atoms with E-state index >= 15 is 0 Å². The molecule has 0 saturated carbocycles. The number of benzene rings is 1. The second-order valence-corrected chi connectivity index (χ2v) is 4.82. The fraction of sp³-hybridized carbons (Fsp3) is 0.571. The minimum absolute atomic E-state index is 0.331. The fourth-order valence-corrected chi connectivity index (χ4v) is 2.48. The van der Waals surface area contributed by atoms with E-state index < -0.39 is 0 Å². The Morgan fingerprint density at radius 3 is 2.25 bits per heavy atom. The first kappa shape index (κ1) is 11.6. The van der Waals surface area contributed by atoms with Crippen LogP contribution in [0.5, 0.6) is 0 Å². The van der Waals surface area contributed by atoms with E-state index in [9.17, 15) is 5.11 Å². The van der Waals surface area contributed by atoms with Gasteiger partial charge in [0, 0.05) is 13.2 Å². The third-order valence-corrected chi connectivity index (χ3v) is 3.30. The number of hydrogen-bond donors (Lipinski definition) is 1. The SMILES string of the molecule is Cc1cc(C)cc(C(O)C2CCOCC2)c1. The van der Waals surface area contributed by atoms with Crippen LogP contribution < -0.4 is 0 Å². The van der Waals surface area contributed by atoms with Crippen molar-refractivity contribution in [1.29, 1.82) is 0 Å². The Morgan fingerprint density at radius 1 is 1.12 bits per heavy atom. The van der Waals surface area contributed by atoms with Gasteiger partial charge in [0.15, 0.2) is 0 Å². The van der Waals surface area contributed by atoms with Crippen LogP contribution >= 0.6 is 0 Å². The molecule has 1 unspecified atom stereocenters. The first-order valence-electron chi connectivity index (χ1n) is 6.01. The van der Waals surface area contributed by atoms with E-state index in [1.54, 1.807) is 0 Å². The maximum absolute atomic E-state index is 10.3. The van der Waals surface area contributed by atoms with Gasteiger partial charge >= 0.3 is 0 Å². The molecule has 1 saturated heterocycles. The topological polar surface area (TPSA) is 29.5 Å². The zero-order valence-corrected chi connectivity index (χ0v) is 10.1. The molecule has 1 atom stereocenters. The molecule has 0 aliphatic carbocycles. The number of hydrogen-bond acceptors (Lipinski definition) is 2. The number of aliphatic hydroxyl groups excluding tert-OH is 1. The quantitative estimate of drug-likeness (QED) is 0.830. The van der Waals surface area contributed by atoms with Crippen LogP contribution in [0.15, 0.2) is 18.2 Å². The van der Waals surface area contributed by atoms with Crippen LogP contribution in [0, 0.1) is 19.8 Å². The van der Waals surface area contributed by atoms with Gasteiger partial charge in [0.1, 0.15) is 0 Å². The van der Waals surface area contributed by atoms with Gasteiger partial charge in [-0.15, -0.1) is 0 Å². The third-order valence-electron chi connectivity index (χ3n) is 3.30. The Hall–Kier alpha value is -0.860. The summed E-state index contributed by atoms with van der Waals surface area (Å²) in [6.07, 6.45) is 1.60. The molecule has 1 heterocycles. The van der Waals surface area contributed by atoms with E-state index in [1.807, 2.05) is 0 Å². The van der Waals surface area contributed by atoms with Crippen LogP contribution in [0.2, 0.25) is 0 Å². The minimum Gasteiger partial charge on any atom is -0.388 e. The highest BCUT2D eigenvalue weighted by molar-refractivity contribution is 5.30. The molecular formula is C14H20O2. The predicted octanol–water partition coefficient (Wildman–Crippen LogP) is 2.76. The van der Waals surface area contributed by atoms with Gasteiger partial charge in [-0.3, -0.25) is 0 Å². The molecule has 1 fully saturated rings. The van der Waals surface area contributed by atoms with Crippen molar-refractivity contribution < 1.29 is 9.84 Å². The smallest absolute Gasteiger partial charge is 0.0820 e. The molecule has 0 spiro atoms.